The molecule has 122 valence electrons. The third-order valence-electron chi connectivity index (χ3n) is 3.65. The molecular formula is C16H24N2O4. The first kappa shape index (κ1) is 17.9. The van der Waals surface area contributed by atoms with Gasteiger partial charge in [0.25, 0.3) is 5.56 Å². The van der Waals surface area contributed by atoms with Crippen molar-refractivity contribution >= 4 is 11.9 Å². The molecule has 0 aliphatic rings. The standard InChI is InChI=1S/C16H24N2O4/c1-4-6-9-12(16(21)22)17-14(19)13(5-2)18-10-7-8-11(3)15(18)20/h7-8,10,12-13H,4-6,9H2,1-3H3,(H,17,19)(H,21,22). The summed E-state index contributed by atoms with van der Waals surface area (Å²) in [6.45, 7) is 5.44. The van der Waals surface area contributed by atoms with Gasteiger partial charge in [-0.15, -0.1) is 0 Å². The predicted octanol–water partition coefficient (Wildman–Crippen LogP) is 1.87. The quantitative estimate of drug-likeness (QED) is 0.767. The Morgan fingerprint density at radius 3 is 2.59 bits per heavy atom. The Morgan fingerprint density at radius 1 is 1.36 bits per heavy atom. The van der Waals surface area contributed by atoms with Gasteiger partial charge in [-0.25, -0.2) is 4.79 Å². The van der Waals surface area contributed by atoms with Crippen molar-refractivity contribution in [1.82, 2.24) is 9.88 Å². The van der Waals surface area contributed by atoms with Crippen molar-refractivity contribution in [2.75, 3.05) is 0 Å². The fourth-order valence-electron chi connectivity index (χ4n) is 2.31. The zero-order valence-electron chi connectivity index (χ0n) is 13.3. The number of pyridine rings is 1. The van der Waals surface area contributed by atoms with E-state index in [1.165, 1.54) is 4.57 Å². The molecule has 1 heterocycles. The van der Waals surface area contributed by atoms with Crippen LogP contribution in [0.5, 0.6) is 0 Å². The number of carboxylic acid groups (broad SMARTS) is 1. The topological polar surface area (TPSA) is 88.4 Å². The van der Waals surface area contributed by atoms with Gasteiger partial charge < -0.3 is 15.0 Å². The Labute approximate surface area is 130 Å². The van der Waals surface area contributed by atoms with Crippen LogP contribution in [0.3, 0.4) is 0 Å². The summed E-state index contributed by atoms with van der Waals surface area (Å²) < 4.78 is 1.36. The molecule has 0 fully saturated rings. The first-order valence-corrected chi connectivity index (χ1v) is 7.63. The summed E-state index contributed by atoms with van der Waals surface area (Å²) in [5.41, 5.74) is 0.319. The minimum Gasteiger partial charge on any atom is -0.480 e. The van der Waals surface area contributed by atoms with Crippen molar-refractivity contribution in [1.29, 1.82) is 0 Å². The summed E-state index contributed by atoms with van der Waals surface area (Å²) in [7, 11) is 0. The minimum absolute atomic E-state index is 0.232. The first-order valence-electron chi connectivity index (χ1n) is 7.63. The Balaban J connectivity index is 2.94. The number of aryl methyl sites for hydroxylation is 1. The largest absolute Gasteiger partial charge is 0.480 e. The normalized spacial score (nSPS) is 13.4. The van der Waals surface area contributed by atoms with Gasteiger partial charge in [-0.3, -0.25) is 9.59 Å². The van der Waals surface area contributed by atoms with E-state index in [9.17, 15) is 19.5 Å². The van der Waals surface area contributed by atoms with E-state index >= 15 is 0 Å². The lowest BCUT2D eigenvalue weighted by molar-refractivity contribution is -0.142. The second-order valence-corrected chi connectivity index (χ2v) is 5.37. The van der Waals surface area contributed by atoms with Gasteiger partial charge in [-0.1, -0.05) is 32.8 Å². The summed E-state index contributed by atoms with van der Waals surface area (Å²) in [4.78, 5) is 35.7. The van der Waals surface area contributed by atoms with E-state index in [2.05, 4.69) is 5.32 Å². The SMILES string of the molecule is CCCCC(NC(=O)C(CC)n1cccc(C)c1=O)C(=O)O. The monoisotopic (exact) mass is 308 g/mol. The van der Waals surface area contributed by atoms with Gasteiger partial charge in [0, 0.05) is 11.8 Å². The maximum Gasteiger partial charge on any atom is 0.326 e. The summed E-state index contributed by atoms with van der Waals surface area (Å²) in [6, 6.07) is 1.78. The zero-order valence-corrected chi connectivity index (χ0v) is 13.3. The number of hydrogen-bond donors (Lipinski definition) is 2. The third kappa shape index (κ3) is 4.44. The van der Waals surface area contributed by atoms with Crippen LogP contribution in [-0.4, -0.2) is 27.6 Å². The van der Waals surface area contributed by atoms with E-state index in [0.717, 1.165) is 12.8 Å². The van der Waals surface area contributed by atoms with E-state index in [0.29, 0.717) is 18.4 Å². The second-order valence-electron chi connectivity index (χ2n) is 5.37. The van der Waals surface area contributed by atoms with E-state index in [4.69, 9.17) is 0 Å². The molecule has 0 aliphatic heterocycles. The van der Waals surface area contributed by atoms with Gasteiger partial charge in [0.15, 0.2) is 0 Å². The molecule has 0 aromatic carbocycles. The average Bonchev–Trinajstić information content (AvgIpc) is 2.48. The van der Waals surface area contributed by atoms with Gasteiger partial charge in [0.05, 0.1) is 0 Å². The van der Waals surface area contributed by atoms with E-state index < -0.39 is 24.0 Å². The van der Waals surface area contributed by atoms with Gasteiger partial charge in [0.1, 0.15) is 12.1 Å². The smallest absolute Gasteiger partial charge is 0.326 e. The molecule has 6 heteroatoms. The van der Waals surface area contributed by atoms with Crippen LogP contribution in [0.15, 0.2) is 23.1 Å². The highest BCUT2D eigenvalue weighted by Crippen LogP contribution is 2.11. The molecule has 6 nitrogen and oxygen atoms in total. The van der Waals surface area contributed by atoms with E-state index in [1.54, 1.807) is 32.2 Å². The summed E-state index contributed by atoms with van der Waals surface area (Å²) in [6.07, 6.45) is 3.93. The molecule has 0 radical (unpaired) electrons. The first-order chi connectivity index (χ1) is 10.4. The molecule has 0 bridgehead atoms. The highest BCUT2D eigenvalue weighted by atomic mass is 16.4. The van der Waals surface area contributed by atoms with Crippen molar-refractivity contribution in [2.24, 2.45) is 0 Å². The van der Waals surface area contributed by atoms with Gasteiger partial charge in [-0.2, -0.15) is 0 Å². The molecule has 1 aromatic rings. The van der Waals surface area contributed by atoms with Crippen LogP contribution in [0.2, 0.25) is 0 Å². The van der Waals surface area contributed by atoms with Crippen LogP contribution < -0.4 is 10.9 Å². The molecule has 0 saturated carbocycles. The summed E-state index contributed by atoms with van der Waals surface area (Å²) in [5.74, 6) is -1.48. The molecule has 1 amide bonds. The van der Waals surface area contributed by atoms with Crippen molar-refractivity contribution in [3.8, 4) is 0 Å². The summed E-state index contributed by atoms with van der Waals surface area (Å²) in [5, 5.41) is 11.7. The number of carboxylic acids is 1. The molecule has 1 rings (SSSR count). The molecule has 2 N–H and O–H groups in total. The van der Waals surface area contributed by atoms with Gasteiger partial charge in [-0.05, 0) is 25.8 Å². The number of aromatic nitrogens is 1. The minimum atomic E-state index is -1.05. The van der Waals surface area contributed by atoms with E-state index in [-0.39, 0.29) is 5.56 Å². The van der Waals surface area contributed by atoms with Crippen molar-refractivity contribution in [2.45, 2.75) is 58.5 Å². The number of nitrogens with one attached hydrogen (secondary N) is 1. The lowest BCUT2D eigenvalue weighted by Crippen LogP contribution is -2.45. The van der Waals surface area contributed by atoms with Crippen molar-refractivity contribution in [3.63, 3.8) is 0 Å². The number of carbonyl (C=O) groups excluding carboxylic acids is 1. The highest BCUT2D eigenvalue weighted by molar-refractivity contribution is 5.85. The number of hydrogen-bond acceptors (Lipinski definition) is 3. The van der Waals surface area contributed by atoms with Gasteiger partial charge in [0.2, 0.25) is 5.91 Å². The number of nitrogens with zero attached hydrogens (tertiary/aromatic N) is 1. The van der Waals surface area contributed by atoms with Gasteiger partial charge >= 0.3 is 5.97 Å². The number of aliphatic carboxylic acids is 1. The van der Waals surface area contributed by atoms with Crippen LogP contribution >= 0.6 is 0 Å². The van der Waals surface area contributed by atoms with E-state index in [1.807, 2.05) is 6.92 Å². The second kappa shape index (κ2) is 8.36. The molecule has 2 atom stereocenters. The van der Waals surface area contributed by atoms with Crippen LogP contribution in [0.4, 0.5) is 0 Å². The number of unbranched alkanes of at least 4 members (excludes halogenated alkanes) is 1. The highest BCUT2D eigenvalue weighted by Gasteiger charge is 2.25. The Hall–Kier alpha value is -2.11. The maximum absolute atomic E-state index is 12.4. The zero-order chi connectivity index (χ0) is 16.7. The molecule has 0 aliphatic carbocycles. The van der Waals surface area contributed by atoms with Crippen LogP contribution in [0, 0.1) is 6.92 Å². The molecule has 0 spiro atoms. The molecule has 1 aromatic heterocycles. The Bertz CT molecular complexity index is 580. The Kier molecular flexibility index (Phi) is 6.82. The number of carbonyl (C=O) groups is 2. The fraction of sp³-hybridized carbons (Fsp3) is 0.562. The average molecular weight is 308 g/mol. The number of amides is 1. The molecular weight excluding hydrogens is 284 g/mol. The maximum atomic E-state index is 12.4. The molecule has 22 heavy (non-hydrogen) atoms. The molecule has 2 unspecified atom stereocenters. The third-order valence-corrected chi connectivity index (χ3v) is 3.65. The lowest BCUT2D eigenvalue weighted by Gasteiger charge is -2.21. The number of rotatable bonds is 8. The summed E-state index contributed by atoms with van der Waals surface area (Å²) >= 11 is 0. The fourth-order valence-corrected chi connectivity index (χ4v) is 2.31. The van der Waals surface area contributed by atoms with Crippen LogP contribution in [0.1, 0.15) is 51.1 Å². The Morgan fingerprint density at radius 2 is 2.05 bits per heavy atom. The van der Waals surface area contributed by atoms with Crippen molar-refractivity contribution in [3.05, 3.63) is 34.2 Å². The predicted molar refractivity (Wildman–Crippen MR) is 83.9 cm³/mol. The lowest BCUT2D eigenvalue weighted by atomic mass is 10.1. The van der Waals surface area contributed by atoms with Crippen molar-refractivity contribution < 1.29 is 14.7 Å². The molecule has 0 saturated heterocycles. The van der Waals surface area contributed by atoms with Crippen LogP contribution in [0.25, 0.3) is 0 Å². The van der Waals surface area contributed by atoms with Crippen LogP contribution in [-0.2, 0) is 9.59 Å².